The lowest BCUT2D eigenvalue weighted by Crippen LogP contribution is -2.61. The Morgan fingerprint density at radius 3 is 1.60 bits per heavy atom. The molecule has 0 N–H and O–H groups in total. The minimum absolute atomic E-state index is 2.76. The van der Waals surface area contributed by atoms with Crippen LogP contribution >= 0.6 is 0 Å². The van der Waals surface area contributed by atoms with Gasteiger partial charge in [0, 0.05) is 0 Å². The number of hydrogen-bond acceptors (Lipinski definition) is 0. The lowest BCUT2D eigenvalue weighted by Gasteiger charge is -2.40. The highest BCUT2D eigenvalue weighted by Gasteiger charge is 2.78. The van der Waals surface area contributed by atoms with Crippen molar-refractivity contribution in [2.75, 3.05) is 0 Å². The van der Waals surface area contributed by atoms with E-state index in [9.17, 15) is 39.5 Å². The molecule has 15 heavy (non-hydrogen) atoms. The van der Waals surface area contributed by atoms with Gasteiger partial charge in [0.1, 0.15) is 5.57 Å². The summed E-state index contributed by atoms with van der Waals surface area (Å²) in [4.78, 5) is 0. The Balaban J connectivity index is 3.28. The van der Waals surface area contributed by atoms with Crippen molar-refractivity contribution in [3.8, 4) is 0 Å². The molecular weight excluding hydrogens is 243 g/mol. The van der Waals surface area contributed by atoms with Gasteiger partial charge in [-0.15, -0.1) is 0 Å². The van der Waals surface area contributed by atoms with Gasteiger partial charge >= 0.3 is 12.4 Å². The van der Waals surface area contributed by atoms with E-state index in [1.807, 2.05) is 0 Å². The molecule has 0 saturated carbocycles. The minimum Gasteiger partial charge on any atom is -0.235 e. The van der Waals surface area contributed by atoms with Crippen LogP contribution in [-0.2, 0) is 0 Å². The Morgan fingerprint density at radius 1 is 1.00 bits per heavy atom. The van der Waals surface area contributed by atoms with Gasteiger partial charge in [-0.25, -0.2) is 13.2 Å². The molecule has 0 aromatic rings. The van der Waals surface area contributed by atoms with Crippen LogP contribution < -0.4 is 0 Å². The van der Waals surface area contributed by atoms with Crippen molar-refractivity contribution in [1.82, 2.24) is 0 Å². The monoisotopic (exact) mass is 244 g/mol. The summed E-state index contributed by atoms with van der Waals surface area (Å²) < 4.78 is 108. The van der Waals surface area contributed by atoms with E-state index in [0.29, 0.717) is 0 Å². The first-order chi connectivity index (χ1) is 6.44. The summed E-state index contributed by atoms with van der Waals surface area (Å²) in [7, 11) is 0. The quantitative estimate of drug-likeness (QED) is 0.573. The van der Waals surface area contributed by atoms with Gasteiger partial charge in [-0.05, 0) is 0 Å². The molecule has 0 saturated heterocycles. The Kier molecular flexibility index (Phi) is 2.29. The van der Waals surface area contributed by atoms with Gasteiger partial charge in [0.2, 0.25) is 0 Å². The summed E-state index contributed by atoms with van der Waals surface area (Å²) in [6.45, 7) is 0. The molecule has 0 spiro atoms. The second-order valence-electron chi connectivity index (χ2n) is 2.79. The smallest absolute Gasteiger partial charge is 0.235 e. The van der Waals surface area contributed by atoms with Crippen molar-refractivity contribution in [2.24, 2.45) is 0 Å². The van der Waals surface area contributed by atoms with Crippen LogP contribution in [-0.4, -0.2) is 24.2 Å². The van der Waals surface area contributed by atoms with Gasteiger partial charge in [-0.1, -0.05) is 0 Å². The van der Waals surface area contributed by atoms with Crippen molar-refractivity contribution in [3.05, 3.63) is 11.4 Å². The maximum atomic E-state index is 12.7. The summed E-state index contributed by atoms with van der Waals surface area (Å²) in [6.07, 6.45) is -16.0. The molecule has 0 unspecified atom stereocenters. The van der Waals surface area contributed by atoms with Gasteiger partial charge in [0.25, 0.3) is 5.67 Å². The maximum Gasteiger partial charge on any atom is 0.430 e. The van der Waals surface area contributed by atoms with E-state index in [-0.39, 0.29) is 0 Å². The van der Waals surface area contributed by atoms with Crippen LogP contribution in [0.1, 0.15) is 0 Å². The van der Waals surface area contributed by atoms with Gasteiger partial charge in [-0.2, -0.15) is 26.3 Å². The van der Waals surface area contributed by atoms with Crippen LogP contribution in [0.5, 0.6) is 0 Å². The molecule has 0 bridgehead atoms. The van der Waals surface area contributed by atoms with Crippen LogP contribution in [0.25, 0.3) is 0 Å². The Labute approximate surface area is 76.4 Å². The normalized spacial score (nSPS) is 33.0. The topological polar surface area (TPSA) is 0 Å². The lowest BCUT2D eigenvalue weighted by atomic mass is 9.77. The van der Waals surface area contributed by atoms with Gasteiger partial charge in [-0.3, -0.25) is 0 Å². The highest BCUT2D eigenvalue weighted by atomic mass is 19.4. The van der Waals surface area contributed by atoms with Gasteiger partial charge in [0.05, 0.1) is 0 Å². The van der Waals surface area contributed by atoms with Crippen LogP contribution in [0.2, 0.25) is 0 Å². The molecule has 0 fully saturated rings. The van der Waals surface area contributed by atoms with Crippen LogP contribution in [0.4, 0.5) is 39.5 Å². The van der Waals surface area contributed by atoms with Gasteiger partial charge < -0.3 is 0 Å². The fourth-order valence-corrected chi connectivity index (χ4v) is 1.15. The molecule has 0 radical (unpaired) electrons. The molecule has 0 nitrogen and oxygen atoms in total. The van der Waals surface area contributed by atoms with E-state index >= 15 is 0 Å². The molecule has 0 aromatic carbocycles. The van der Waals surface area contributed by atoms with Crippen molar-refractivity contribution in [1.29, 1.82) is 0 Å². The summed E-state index contributed by atoms with van der Waals surface area (Å²) in [5, 5.41) is 0. The van der Waals surface area contributed by atoms with Crippen LogP contribution in [0.15, 0.2) is 11.4 Å². The van der Waals surface area contributed by atoms with Crippen molar-refractivity contribution in [2.45, 2.75) is 24.2 Å². The fraction of sp³-hybridized carbons (Fsp3) is 0.667. The second kappa shape index (κ2) is 2.82. The molecule has 2 atom stereocenters. The third-order valence-corrected chi connectivity index (χ3v) is 1.87. The van der Waals surface area contributed by atoms with E-state index in [0.717, 1.165) is 0 Å². The zero-order valence-corrected chi connectivity index (χ0v) is 6.48. The first-order valence-corrected chi connectivity index (χ1v) is 3.31. The van der Waals surface area contributed by atoms with Crippen LogP contribution in [0, 0.1) is 0 Å². The summed E-state index contributed by atoms with van der Waals surface area (Å²) in [5.41, 5.74) is -8.44. The number of hydrogen-bond donors (Lipinski definition) is 0. The minimum atomic E-state index is -6.15. The Bertz CT molecular complexity index is 308. The van der Waals surface area contributed by atoms with E-state index < -0.39 is 35.6 Å². The third-order valence-electron chi connectivity index (χ3n) is 1.87. The van der Waals surface area contributed by atoms with Gasteiger partial charge in [0.15, 0.2) is 12.0 Å². The average Bonchev–Trinajstić information content (AvgIpc) is 1.99. The third kappa shape index (κ3) is 1.39. The standard InChI is InChI=1S/C6HF9/c7-1-2(5(10,11)12)4(9,3(1)8)6(13,14)15/h3H/t3-,4-/m1/s1. The van der Waals surface area contributed by atoms with Crippen molar-refractivity contribution in [3.63, 3.8) is 0 Å². The summed E-state index contributed by atoms with van der Waals surface area (Å²) in [6, 6.07) is 0. The highest BCUT2D eigenvalue weighted by molar-refractivity contribution is 5.44. The molecule has 0 aromatic heterocycles. The molecule has 1 rings (SSSR count). The lowest BCUT2D eigenvalue weighted by molar-refractivity contribution is -0.266. The molecule has 0 heterocycles. The average molecular weight is 244 g/mol. The van der Waals surface area contributed by atoms with E-state index in [1.165, 1.54) is 0 Å². The molecule has 9 heteroatoms. The van der Waals surface area contributed by atoms with E-state index in [4.69, 9.17) is 0 Å². The summed E-state index contributed by atoms with van der Waals surface area (Å²) >= 11 is 0. The number of allylic oxidation sites excluding steroid dienone is 2. The molecule has 0 amide bonds. The zero-order valence-electron chi connectivity index (χ0n) is 6.48. The van der Waals surface area contributed by atoms with Crippen LogP contribution in [0.3, 0.4) is 0 Å². The largest absolute Gasteiger partial charge is 0.430 e. The maximum absolute atomic E-state index is 12.7. The highest BCUT2D eigenvalue weighted by Crippen LogP contribution is 2.59. The molecule has 88 valence electrons. The molecule has 0 aliphatic heterocycles. The Morgan fingerprint density at radius 2 is 1.40 bits per heavy atom. The number of halogens is 9. The SMILES string of the molecule is FC1=C(C(F)(F)F)[C@](F)(C(F)(F)F)[C@@H]1F. The van der Waals surface area contributed by atoms with E-state index in [1.54, 1.807) is 0 Å². The second-order valence-corrected chi connectivity index (χ2v) is 2.79. The number of alkyl halides is 8. The van der Waals surface area contributed by atoms with Crippen molar-refractivity contribution < 1.29 is 39.5 Å². The predicted octanol–water partition coefficient (Wildman–Crippen LogP) is 3.39. The first-order valence-electron chi connectivity index (χ1n) is 3.31. The van der Waals surface area contributed by atoms with E-state index in [2.05, 4.69) is 0 Å². The molecular formula is C6HF9. The summed E-state index contributed by atoms with van der Waals surface area (Å²) in [5.74, 6) is -2.76. The number of rotatable bonds is 0. The van der Waals surface area contributed by atoms with Crippen molar-refractivity contribution >= 4 is 0 Å². The molecule has 1 aliphatic rings. The Hall–Kier alpha value is -0.890. The zero-order chi connectivity index (χ0) is 12.2. The predicted molar refractivity (Wildman–Crippen MR) is 29.0 cm³/mol. The fourth-order valence-electron chi connectivity index (χ4n) is 1.15. The molecule has 1 aliphatic carbocycles. The first kappa shape index (κ1) is 12.2.